The Bertz CT molecular complexity index is 486. The van der Waals surface area contributed by atoms with Crippen LogP contribution in [0.4, 0.5) is 0 Å². The van der Waals surface area contributed by atoms with Crippen LogP contribution in [0.3, 0.4) is 0 Å². The van der Waals surface area contributed by atoms with Gasteiger partial charge in [-0.1, -0.05) is 43.2 Å². The van der Waals surface area contributed by atoms with Crippen LogP contribution in [0.5, 0.6) is 0 Å². The van der Waals surface area contributed by atoms with Crippen molar-refractivity contribution in [3.63, 3.8) is 0 Å². The summed E-state index contributed by atoms with van der Waals surface area (Å²) >= 11 is 0. The Balaban J connectivity index is 1.63. The van der Waals surface area contributed by atoms with Gasteiger partial charge in [-0.15, -0.1) is 0 Å². The largest absolute Gasteiger partial charge is 0.307 e. The van der Waals surface area contributed by atoms with Gasteiger partial charge in [0.1, 0.15) is 5.82 Å². The number of hydrogen-bond acceptors (Lipinski definition) is 3. The minimum absolute atomic E-state index is 0.662. The first-order valence-electron chi connectivity index (χ1n) is 6.62. The molecule has 0 saturated heterocycles. The number of hydrogen-bond donors (Lipinski definition) is 2. The van der Waals surface area contributed by atoms with Crippen molar-refractivity contribution in [1.82, 2.24) is 20.5 Å². The smallest absolute Gasteiger partial charge is 0.181 e. The molecule has 1 aliphatic carbocycles. The van der Waals surface area contributed by atoms with E-state index in [4.69, 9.17) is 0 Å². The van der Waals surface area contributed by atoms with Gasteiger partial charge in [0, 0.05) is 11.6 Å². The monoisotopic (exact) mass is 242 g/mol. The molecule has 0 radical (unpaired) electrons. The fraction of sp³-hybridized carbons (Fsp3) is 0.429. The van der Waals surface area contributed by atoms with Crippen LogP contribution in [0.15, 0.2) is 30.3 Å². The molecular formula is C14H18N4. The molecule has 0 amide bonds. The van der Waals surface area contributed by atoms with Crippen molar-refractivity contribution in [3.8, 4) is 11.4 Å². The van der Waals surface area contributed by atoms with Crippen LogP contribution in [0.25, 0.3) is 11.4 Å². The molecule has 1 aromatic carbocycles. The summed E-state index contributed by atoms with van der Waals surface area (Å²) in [4.78, 5) is 4.51. The molecule has 1 heterocycles. The van der Waals surface area contributed by atoms with Gasteiger partial charge in [-0.05, 0) is 12.8 Å². The van der Waals surface area contributed by atoms with E-state index < -0.39 is 0 Å². The van der Waals surface area contributed by atoms with Gasteiger partial charge in [-0.3, -0.25) is 5.10 Å². The number of nitrogens with one attached hydrogen (secondary N) is 2. The van der Waals surface area contributed by atoms with E-state index in [1.54, 1.807) is 0 Å². The maximum absolute atomic E-state index is 4.51. The first kappa shape index (κ1) is 11.4. The van der Waals surface area contributed by atoms with Crippen molar-refractivity contribution in [2.24, 2.45) is 0 Å². The molecule has 1 aliphatic rings. The second-order valence-corrected chi connectivity index (χ2v) is 4.83. The lowest BCUT2D eigenvalue weighted by atomic mass is 10.2. The van der Waals surface area contributed by atoms with Crippen LogP contribution >= 0.6 is 0 Å². The van der Waals surface area contributed by atoms with Crippen molar-refractivity contribution in [3.05, 3.63) is 36.2 Å². The summed E-state index contributed by atoms with van der Waals surface area (Å²) in [7, 11) is 0. The molecule has 2 N–H and O–H groups in total. The topological polar surface area (TPSA) is 53.6 Å². The molecule has 0 spiro atoms. The Labute approximate surface area is 107 Å². The molecule has 1 aromatic heterocycles. The van der Waals surface area contributed by atoms with Crippen molar-refractivity contribution in [1.29, 1.82) is 0 Å². The lowest BCUT2D eigenvalue weighted by Gasteiger charge is -2.09. The summed E-state index contributed by atoms with van der Waals surface area (Å²) in [6.45, 7) is 0.782. The number of H-pyrrole nitrogens is 1. The van der Waals surface area contributed by atoms with E-state index in [0.29, 0.717) is 6.04 Å². The average Bonchev–Trinajstić information content (AvgIpc) is 3.09. The summed E-state index contributed by atoms with van der Waals surface area (Å²) in [6, 6.07) is 10.7. The standard InChI is InChI=1S/C14H18N4/c1-2-6-11(7-3-1)14-16-13(17-18-14)10-15-12-8-4-5-9-12/h1-3,6-7,12,15H,4-5,8-10H2,(H,16,17,18). The molecule has 0 aliphatic heterocycles. The minimum Gasteiger partial charge on any atom is -0.307 e. The summed E-state index contributed by atoms with van der Waals surface area (Å²) in [5.74, 6) is 1.69. The van der Waals surface area contributed by atoms with E-state index in [0.717, 1.165) is 23.8 Å². The summed E-state index contributed by atoms with van der Waals surface area (Å²) in [5, 5.41) is 10.8. The maximum atomic E-state index is 4.51. The normalized spacial score (nSPS) is 16.2. The van der Waals surface area contributed by atoms with E-state index in [1.165, 1.54) is 25.7 Å². The first-order valence-corrected chi connectivity index (χ1v) is 6.62. The van der Waals surface area contributed by atoms with Gasteiger partial charge in [0.05, 0.1) is 6.54 Å². The van der Waals surface area contributed by atoms with E-state index in [1.807, 2.05) is 30.3 Å². The highest BCUT2D eigenvalue weighted by atomic mass is 15.2. The molecule has 0 atom stereocenters. The van der Waals surface area contributed by atoms with E-state index in [9.17, 15) is 0 Å². The van der Waals surface area contributed by atoms with Crippen molar-refractivity contribution < 1.29 is 0 Å². The zero-order valence-corrected chi connectivity index (χ0v) is 10.4. The lowest BCUT2D eigenvalue weighted by molar-refractivity contribution is 0.514. The summed E-state index contributed by atoms with van der Waals surface area (Å²) in [6.07, 6.45) is 5.28. The van der Waals surface area contributed by atoms with Gasteiger partial charge >= 0.3 is 0 Å². The molecule has 1 fully saturated rings. The van der Waals surface area contributed by atoms with Gasteiger partial charge in [0.2, 0.25) is 0 Å². The highest BCUT2D eigenvalue weighted by Crippen LogP contribution is 2.18. The van der Waals surface area contributed by atoms with Crippen molar-refractivity contribution >= 4 is 0 Å². The molecule has 4 heteroatoms. The third kappa shape index (κ3) is 2.59. The highest BCUT2D eigenvalue weighted by Gasteiger charge is 2.14. The summed E-state index contributed by atoms with van der Waals surface area (Å²) < 4.78 is 0. The van der Waals surface area contributed by atoms with Crippen LogP contribution < -0.4 is 5.32 Å². The minimum atomic E-state index is 0.662. The molecule has 4 nitrogen and oxygen atoms in total. The Morgan fingerprint density at radius 2 is 1.94 bits per heavy atom. The van der Waals surface area contributed by atoms with E-state index >= 15 is 0 Å². The van der Waals surface area contributed by atoms with Crippen LogP contribution in [-0.2, 0) is 6.54 Å². The molecule has 3 rings (SSSR count). The zero-order valence-electron chi connectivity index (χ0n) is 10.4. The molecule has 0 unspecified atom stereocenters. The molecule has 2 aromatic rings. The number of aromatic nitrogens is 3. The summed E-state index contributed by atoms with van der Waals surface area (Å²) in [5.41, 5.74) is 1.06. The van der Waals surface area contributed by atoms with Gasteiger partial charge in [0.25, 0.3) is 0 Å². The Hall–Kier alpha value is -1.68. The number of benzene rings is 1. The Morgan fingerprint density at radius 3 is 2.72 bits per heavy atom. The number of nitrogens with zero attached hydrogens (tertiary/aromatic N) is 2. The second kappa shape index (κ2) is 5.31. The molecule has 18 heavy (non-hydrogen) atoms. The third-order valence-electron chi connectivity index (χ3n) is 3.48. The van der Waals surface area contributed by atoms with Crippen molar-refractivity contribution in [2.45, 2.75) is 38.3 Å². The molecular weight excluding hydrogens is 224 g/mol. The van der Waals surface area contributed by atoms with Gasteiger partial charge in [0.15, 0.2) is 5.82 Å². The number of aromatic amines is 1. The van der Waals surface area contributed by atoms with Gasteiger partial charge < -0.3 is 5.32 Å². The predicted octanol–water partition coefficient (Wildman–Crippen LogP) is 2.50. The Morgan fingerprint density at radius 1 is 1.17 bits per heavy atom. The quantitative estimate of drug-likeness (QED) is 0.866. The van der Waals surface area contributed by atoms with E-state index in [2.05, 4.69) is 20.5 Å². The highest BCUT2D eigenvalue weighted by molar-refractivity contribution is 5.53. The van der Waals surface area contributed by atoms with Gasteiger partial charge in [-0.25, -0.2) is 4.98 Å². The lowest BCUT2D eigenvalue weighted by Crippen LogP contribution is -2.25. The molecule has 94 valence electrons. The first-order chi connectivity index (χ1) is 8.92. The zero-order chi connectivity index (χ0) is 12.2. The molecule has 0 bridgehead atoms. The fourth-order valence-corrected chi connectivity index (χ4v) is 2.46. The predicted molar refractivity (Wildman–Crippen MR) is 70.9 cm³/mol. The van der Waals surface area contributed by atoms with Gasteiger partial charge in [-0.2, -0.15) is 5.10 Å². The van der Waals surface area contributed by atoms with Crippen LogP contribution in [0, 0.1) is 0 Å². The third-order valence-corrected chi connectivity index (χ3v) is 3.48. The SMILES string of the molecule is c1ccc(-c2n[nH]c(CNC3CCCC3)n2)cc1. The second-order valence-electron chi connectivity index (χ2n) is 4.83. The van der Waals surface area contributed by atoms with Crippen LogP contribution in [0.2, 0.25) is 0 Å². The Kier molecular flexibility index (Phi) is 3.37. The fourth-order valence-electron chi connectivity index (χ4n) is 2.46. The van der Waals surface area contributed by atoms with Crippen LogP contribution in [0.1, 0.15) is 31.5 Å². The van der Waals surface area contributed by atoms with Crippen molar-refractivity contribution in [2.75, 3.05) is 0 Å². The number of rotatable bonds is 4. The average molecular weight is 242 g/mol. The van der Waals surface area contributed by atoms with Crippen LogP contribution in [-0.4, -0.2) is 21.2 Å². The van der Waals surface area contributed by atoms with E-state index in [-0.39, 0.29) is 0 Å². The maximum Gasteiger partial charge on any atom is 0.181 e. The molecule has 1 saturated carbocycles.